The molecule has 0 spiro atoms. The van der Waals surface area contributed by atoms with E-state index in [2.05, 4.69) is 4.98 Å². The highest BCUT2D eigenvalue weighted by molar-refractivity contribution is 5.97. The summed E-state index contributed by atoms with van der Waals surface area (Å²) in [4.78, 5) is 16.5. The summed E-state index contributed by atoms with van der Waals surface area (Å²) in [5, 5.41) is 1.07. The molecule has 0 radical (unpaired) electrons. The average Bonchev–Trinajstić information content (AvgIpc) is 2.48. The third-order valence-corrected chi connectivity index (χ3v) is 3.11. The normalized spacial score (nSPS) is 10.5. The lowest BCUT2D eigenvalue weighted by atomic mass is 10.0. The molecule has 0 aliphatic heterocycles. The van der Waals surface area contributed by atoms with Gasteiger partial charge >= 0.3 is 0 Å². The first-order valence-corrected chi connectivity index (χ1v) is 6.25. The molecule has 2 heteroatoms. The van der Waals surface area contributed by atoms with E-state index in [1.54, 1.807) is 6.20 Å². The number of aromatic nitrogens is 1. The number of fused-ring (bicyclic) bond motifs is 1. The maximum atomic E-state index is 12.1. The zero-order valence-corrected chi connectivity index (χ0v) is 10.4. The minimum absolute atomic E-state index is 0.123. The van der Waals surface area contributed by atoms with Crippen LogP contribution in [0.4, 0.5) is 0 Å². The Hall–Kier alpha value is -2.48. The summed E-state index contributed by atoms with van der Waals surface area (Å²) in [5.41, 5.74) is 2.65. The Morgan fingerprint density at radius 3 is 2.53 bits per heavy atom. The predicted octanol–water partition coefficient (Wildman–Crippen LogP) is 3.66. The number of benzene rings is 2. The van der Waals surface area contributed by atoms with Gasteiger partial charge in [0.05, 0.1) is 5.52 Å². The summed E-state index contributed by atoms with van der Waals surface area (Å²) in [6, 6.07) is 19.3. The molecule has 0 N–H and O–H groups in total. The summed E-state index contributed by atoms with van der Waals surface area (Å²) in [7, 11) is 0. The molecule has 0 aliphatic rings. The number of carbonyl (C=O) groups is 1. The molecule has 0 aliphatic carbocycles. The van der Waals surface area contributed by atoms with E-state index in [9.17, 15) is 4.79 Å². The van der Waals surface area contributed by atoms with Crippen LogP contribution in [0.2, 0.25) is 0 Å². The van der Waals surface area contributed by atoms with Crippen molar-refractivity contribution in [2.24, 2.45) is 0 Å². The number of pyridine rings is 1. The summed E-state index contributed by atoms with van der Waals surface area (Å²) >= 11 is 0. The lowest BCUT2D eigenvalue weighted by Crippen LogP contribution is -2.03. The summed E-state index contributed by atoms with van der Waals surface area (Å²) < 4.78 is 0. The van der Waals surface area contributed by atoms with E-state index in [-0.39, 0.29) is 5.78 Å². The van der Waals surface area contributed by atoms with Gasteiger partial charge < -0.3 is 0 Å². The van der Waals surface area contributed by atoms with Crippen LogP contribution >= 0.6 is 0 Å². The number of para-hydroxylation sites is 1. The Morgan fingerprint density at radius 1 is 0.947 bits per heavy atom. The number of hydrogen-bond acceptors (Lipinski definition) is 2. The third kappa shape index (κ3) is 2.52. The van der Waals surface area contributed by atoms with E-state index in [0.717, 1.165) is 22.0 Å². The number of hydrogen-bond donors (Lipinski definition) is 0. The highest BCUT2D eigenvalue weighted by Gasteiger charge is 2.07. The SMILES string of the molecule is O=C(Cc1cnc2ccccc2c1)c1ccccc1. The van der Waals surface area contributed by atoms with Gasteiger partial charge in [0.25, 0.3) is 0 Å². The molecule has 0 saturated carbocycles. The third-order valence-electron chi connectivity index (χ3n) is 3.11. The van der Waals surface area contributed by atoms with Gasteiger partial charge in [0.15, 0.2) is 5.78 Å². The number of ketones is 1. The van der Waals surface area contributed by atoms with Crippen molar-refractivity contribution in [1.29, 1.82) is 0 Å². The minimum atomic E-state index is 0.123. The molecule has 1 heterocycles. The summed E-state index contributed by atoms with van der Waals surface area (Å²) in [6.45, 7) is 0. The Kier molecular flexibility index (Phi) is 3.07. The average molecular weight is 247 g/mol. The van der Waals surface area contributed by atoms with Gasteiger partial charge in [0, 0.05) is 23.6 Å². The van der Waals surface area contributed by atoms with Crippen molar-refractivity contribution in [3.8, 4) is 0 Å². The van der Waals surface area contributed by atoms with Crippen molar-refractivity contribution in [2.45, 2.75) is 6.42 Å². The van der Waals surface area contributed by atoms with Gasteiger partial charge in [0.2, 0.25) is 0 Å². The molecule has 19 heavy (non-hydrogen) atoms. The molecule has 0 bridgehead atoms. The van der Waals surface area contributed by atoms with E-state index in [0.29, 0.717) is 6.42 Å². The maximum Gasteiger partial charge on any atom is 0.167 e. The number of nitrogens with zero attached hydrogens (tertiary/aromatic N) is 1. The first-order chi connectivity index (χ1) is 9.33. The molecule has 1 aromatic heterocycles. The van der Waals surface area contributed by atoms with Crippen LogP contribution in [-0.4, -0.2) is 10.8 Å². The zero-order valence-electron chi connectivity index (χ0n) is 10.4. The van der Waals surface area contributed by atoms with Crippen LogP contribution in [0, 0.1) is 0 Å². The number of carbonyl (C=O) groups excluding carboxylic acids is 1. The van der Waals surface area contributed by atoms with Gasteiger partial charge in [0.1, 0.15) is 0 Å². The second-order valence-electron chi connectivity index (χ2n) is 4.50. The Balaban J connectivity index is 1.87. The Labute approximate surface area is 111 Å². The van der Waals surface area contributed by atoms with Gasteiger partial charge in [-0.1, -0.05) is 48.5 Å². The molecule has 0 amide bonds. The second-order valence-corrected chi connectivity index (χ2v) is 4.50. The molecule has 3 rings (SSSR count). The van der Waals surface area contributed by atoms with Gasteiger partial charge in [-0.05, 0) is 17.7 Å². The fraction of sp³-hybridized carbons (Fsp3) is 0.0588. The van der Waals surface area contributed by atoms with Crippen molar-refractivity contribution in [1.82, 2.24) is 4.98 Å². The quantitative estimate of drug-likeness (QED) is 0.661. The molecular formula is C17H13NO. The summed E-state index contributed by atoms with van der Waals surface area (Å²) in [5.74, 6) is 0.123. The second kappa shape index (κ2) is 5.02. The van der Waals surface area contributed by atoms with Crippen molar-refractivity contribution >= 4 is 16.7 Å². The largest absolute Gasteiger partial charge is 0.294 e. The Bertz CT molecular complexity index is 719. The fourth-order valence-electron chi connectivity index (χ4n) is 2.12. The monoisotopic (exact) mass is 247 g/mol. The molecule has 2 nitrogen and oxygen atoms in total. The Morgan fingerprint density at radius 2 is 1.68 bits per heavy atom. The van der Waals surface area contributed by atoms with Crippen LogP contribution in [0.1, 0.15) is 15.9 Å². The van der Waals surface area contributed by atoms with Crippen molar-refractivity contribution in [3.05, 3.63) is 78.0 Å². The lowest BCUT2D eigenvalue weighted by Gasteiger charge is -2.03. The molecular weight excluding hydrogens is 234 g/mol. The smallest absolute Gasteiger partial charge is 0.167 e. The van der Waals surface area contributed by atoms with E-state index in [1.165, 1.54) is 0 Å². The highest BCUT2D eigenvalue weighted by Crippen LogP contribution is 2.14. The maximum absolute atomic E-state index is 12.1. The van der Waals surface area contributed by atoms with Crippen LogP contribution < -0.4 is 0 Å². The topological polar surface area (TPSA) is 30.0 Å². The van der Waals surface area contributed by atoms with Gasteiger partial charge in [-0.2, -0.15) is 0 Å². The van der Waals surface area contributed by atoms with Crippen molar-refractivity contribution in [2.75, 3.05) is 0 Å². The predicted molar refractivity (Wildman–Crippen MR) is 76.2 cm³/mol. The standard InChI is InChI=1S/C17H13NO/c19-17(14-6-2-1-3-7-14)11-13-10-15-8-4-5-9-16(15)18-12-13/h1-10,12H,11H2. The number of Topliss-reactive ketones (excluding diaryl/α,β-unsaturated/α-hetero) is 1. The van der Waals surface area contributed by atoms with E-state index >= 15 is 0 Å². The van der Waals surface area contributed by atoms with Crippen LogP contribution in [-0.2, 0) is 6.42 Å². The molecule has 0 saturated heterocycles. The van der Waals surface area contributed by atoms with Crippen LogP contribution in [0.5, 0.6) is 0 Å². The molecule has 0 unspecified atom stereocenters. The zero-order chi connectivity index (χ0) is 13.1. The van der Waals surface area contributed by atoms with Crippen molar-refractivity contribution < 1.29 is 4.79 Å². The molecule has 0 fully saturated rings. The first kappa shape index (κ1) is 11.6. The molecule has 2 aromatic carbocycles. The fourth-order valence-corrected chi connectivity index (χ4v) is 2.12. The van der Waals surface area contributed by atoms with E-state index < -0.39 is 0 Å². The van der Waals surface area contributed by atoms with Crippen LogP contribution in [0.3, 0.4) is 0 Å². The van der Waals surface area contributed by atoms with Crippen molar-refractivity contribution in [3.63, 3.8) is 0 Å². The molecule has 92 valence electrons. The summed E-state index contributed by atoms with van der Waals surface area (Å²) in [6.07, 6.45) is 2.17. The number of rotatable bonds is 3. The van der Waals surface area contributed by atoms with Gasteiger partial charge in [-0.15, -0.1) is 0 Å². The van der Waals surface area contributed by atoms with E-state index in [1.807, 2.05) is 60.7 Å². The first-order valence-electron chi connectivity index (χ1n) is 6.25. The van der Waals surface area contributed by atoms with Gasteiger partial charge in [-0.25, -0.2) is 0 Å². The van der Waals surface area contributed by atoms with Gasteiger partial charge in [-0.3, -0.25) is 9.78 Å². The molecule has 3 aromatic rings. The molecule has 0 atom stereocenters. The van der Waals surface area contributed by atoms with E-state index in [4.69, 9.17) is 0 Å². The lowest BCUT2D eigenvalue weighted by molar-refractivity contribution is 0.0993. The minimum Gasteiger partial charge on any atom is -0.294 e. The highest BCUT2D eigenvalue weighted by atomic mass is 16.1. The van der Waals surface area contributed by atoms with Crippen LogP contribution in [0.25, 0.3) is 10.9 Å². The van der Waals surface area contributed by atoms with Crippen LogP contribution in [0.15, 0.2) is 66.9 Å².